The van der Waals surface area contributed by atoms with Gasteiger partial charge in [0.1, 0.15) is 6.10 Å². The smallest absolute Gasteiger partial charge is 0.188 e. The Labute approximate surface area is 96.9 Å². The van der Waals surface area contributed by atoms with Crippen molar-refractivity contribution in [2.24, 2.45) is 5.92 Å². The third kappa shape index (κ3) is 1.78. The molecule has 0 aliphatic carbocycles. The predicted octanol–water partition coefficient (Wildman–Crippen LogP) is 1.66. The van der Waals surface area contributed by atoms with Crippen molar-refractivity contribution < 1.29 is 19.3 Å². The van der Waals surface area contributed by atoms with Crippen LogP contribution in [0, 0.1) is 5.92 Å². The van der Waals surface area contributed by atoms with E-state index in [9.17, 15) is 0 Å². The minimum Gasteiger partial charge on any atom is -0.396 e. The van der Waals surface area contributed by atoms with Crippen LogP contribution in [0.5, 0.6) is 0 Å². The normalized spacial score (nSPS) is 45.9. The zero-order valence-electron chi connectivity index (χ0n) is 10.5. The van der Waals surface area contributed by atoms with Crippen molar-refractivity contribution in [1.82, 2.24) is 0 Å². The Morgan fingerprint density at radius 1 is 1.19 bits per heavy atom. The lowest BCUT2D eigenvalue weighted by Crippen LogP contribution is -2.39. The van der Waals surface area contributed by atoms with Crippen LogP contribution in [-0.2, 0) is 14.2 Å². The molecule has 1 N–H and O–H groups in total. The zero-order valence-corrected chi connectivity index (χ0v) is 10.5. The monoisotopic (exact) mass is 230 g/mol. The topological polar surface area (TPSA) is 47.9 Å². The highest BCUT2D eigenvalue weighted by molar-refractivity contribution is 4.99. The summed E-state index contributed by atoms with van der Waals surface area (Å²) < 4.78 is 17.6. The van der Waals surface area contributed by atoms with E-state index in [4.69, 9.17) is 19.3 Å². The fraction of sp³-hybridized carbons (Fsp3) is 1.00. The summed E-state index contributed by atoms with van der Waals surface area (Å²) >= 11 is 0. The van der Waals surface area contributed by atoms with Crippen LogP contribution in [0.25, 0.3) is 0 Å². The van der Waals surface area contributed by atoms with E-state index in [1.807, 2.05) is 13.8 Å². The molecule has 2 heterocycles. The second-order valence-corrected chi connectivity index (χ2v) is 5.27. The van der Waals surface area contributed by atoms with Crippen LogP contribution in [0.1, 0.15) is 40.5 Å². The lowest BCUT2D eigenvalue weighted by atomic mass is 9.82. The number of hydrogen-bond donors (Lipinski definition) is 1. The van der Waals surface area contributed by atoms with E-state index >= 15 is 0 Å². The summed E-state index contributed by atoms with van der Waals surface area (Å²) in [5.41, 5.74) is -0.291. The molecule has 4 heteroatoms. The Morgan fingerprint density at radius 3 is 2.38 bits per heavy atom. The molecule has 0 aromatic heterocycles. The van der Waals surface area contributed by atoms with Gasteiger partial charge in [0.2, 0.25) is 0 Å². The van der Waals surface area contributed by atoms with Gasteiger partial charge >= 0.3 is 0 Å². The van der Waals surface area contributed by atoms with Crippen molar-refractivity contribution in [2.75, 3.05) is 6.61 Å². The number of fused-ring (bicyclic) bond motifs is 1. The van der Waals surface area contributed by atoms with Crippen LogP contribution in [0.2, 0.25) is 0 Å². The Balaban J connectivity index is 2.14. The molecule has 0 aromatic carbocycles. The van der Waals surface area contributed by atoms with Gasteiger partial charge in [0, 0.05) is 12.5 Å². The Bertz CT molecular complexity index is 266. The molecular formula is C12H22O4. The number of ether oxygens (including phenoxy) is 3. The first-order valence-corrected chi connectivity index (χ1v) is 6.08. The molecule has 16 heavy (non-hydrogen) atoms. The minimum atomic E-state index is -0.553. The highest BCUT2D eigenvalue weighted by Crippen LogP contribution is 2.48. The maximum Gasteiger partial charge on any atom is 0.188 e. The van der Waals surface area contributed by atoms with Crippen molar-refractivity contribution in [2.45, 2.75) is 64.3 Å². The van der Waals surface area contributed by atoms with Crippen LogP contribution in [0.15, 0.2) is 0 Å². The molecule has 4 atom stereocenters. The summed E-state index contributed by atoms with van der Waals surface area (Å²) in [6.45, 7) is 8.15. The van der Waals surface area contributed by atoms with Crippen molar-refractivity contribution in [1.29, 1.82) is 0 Å². The summed E-state index contributed by atoms with van der Waals surface area (Å²) in [4.78, 5) is 0. The second kappa shape index (κ2) is 3.95. The Hall–Kier alpha value is -0.160. The molecule has 2 saturated heterocycles. The van der Waals surface area contributed by atoms with Crippen molar-refractivity contribution in [3.63, 3.8) is 0 Å². The second-order valence-electron chi connectivity index (χ2n) is 5.27. The molecule has 0 spiro atoms. The maximum atomic E-state index is 9.15. The minimum absolute atomic E-state index is 0.0125. The van der Waals surface area contributed by atoms with Gasteiger partial charge in [0.15, 0.2) is 12.1 Å². The third-order valence-electron chi connectivity index (χ3n) is 3.90. The lowest BCUT2D eigenvalue weighted by Gasteiger charge is -2.34. The van der Waals surface area contributed by atoms with Crippen molar-refractivity contribution in [3.05, 3.63) is 0 Å². The molecule has 2 aliphatic heterocycles. The standard InChI is InChI=1S/C12H22O4/c1-5-12(6-7-13)8(2)9-10(16-12)15-11(3,4)14-9/h8-10,13H,5-7H2,1-4H3/t8-,9+,10-,12-/m0/s1. The molecule has 0 saturated carbocycles. The molecule has 2 rings (SSSR count). The van der Waals surface area contributed by atoms with Gasteiger partial charge in [0.25, 0.3) is 0 Å². The van der Waals surface area contributed by atoms with E-state index in [2.05, 4.69) is 13.8 Å². The molecule has 2 fully saturated rings. The lowest BCUT2D eigenvalue weighted by molar-refractivity contribution is -0.234. The molecule has 0 amide bonds. The van der Waals surface area contributed by atoms with Crippen LogP contribution >= 0.6 is 0 Å². The first-order chi connectivity index (χ1) is 7.44. The highest BCUT2D eigenvalue weighted by atomic mass is 16.8. The summed E-state index contributed by atoms with van der Waals surface area (Å²) in [6, 6.07) is 0. The maximum absolute atomic E-state index is 9.15. The van der Waals surface area contributed by atoms with Gasteiger partial charge in [-0.2, -0.15) is 0 Å². The van der Waals surface area contributed by atoms with Crippen LogP contribution in [0.3, 0.4) is 0 Å². The Kier molecular flexibility index (Phi) is 3.03. The SMILES string of the molecule is CC[C@@]1(CCO)O[C@@H]2OC(C)(C)O[C@@H]2[C@@H]1C. The van der Waals surface area contributed by atoms with Gasteiger partial charge < -0.3 is 19.3 Å². The quantitative estimate of drug-likeness (QED) is 0.801. The molecule has 0 radical (unpaired) electrons. The van der Waals surface area contributed by atoms with E-state index in [0.717, 1.165) is 6.42 Å². The number of aliphatic hydroxyl groups is 1. The zero-order chi connectivity index (χ0) is 12.0. The van der Waals surface area contributed by atoms with Gasteiger partial charge in [-0.25, -0.2) is 0 Å². The fourth-order valence-corrected chi connectivity index (χ4v) is 2.88. The first-order valence-electron chi connectivity index (χ1n) is 6.08. The van der Waals surface area contributed by atoms with E-state index in [1.54, 1.807) is 0 Å². The summed E-state index contributed by atoms with van der Waals surface area (Å²) in [5.74, 6) is -0.306. The average Bonchev–Trinajstić information content (AvgIpc) is 2.62. The van der Waals surface area contributed by atoms with E-state index in [1.165, 1.54) is 0 Å². The molecule has 94 valence electrons. The molecular weight excluding hydrogens is 208 g/mol. The fourth-order valence-electron chi connectivity index (χ4n) is 2.88. The van der Waals surface area contributed by atoms with Gasteiger partial charge in [0.05, 0.1) is 5.60 Å². The molecule has 0 aromatic rings. The molecule has 0 unspecified atom stereocenters. The van der Waals surface area contributed by atoms with Crippen molar-refractivity contribution in [3.8, 4) is 0 Å². The van der Waals surface area contributed by atoms with Crippen LogP contribution < -0.4 is 0 Å². The summed E-state index contributed by atoms with van der Waals surface area (Å²) in [6.07, 6.45) is 1.22. The number of rotatable bonds is 3. The van der Waals surface area contributed by atoms with Crippen LogP contribution in [-0.4, -0.2) is 35.5 Å². The van der Waals surface area contributed by atoms with Gasteiger partial charge in [-0.3, -0.25) is 0 Å². The largest absolute Gasteiger partial charge is 0.396 e. The van der Waals surface area contributed by atoms with E-state index in [0.29, 0.717) is 6.42 Å². The van der Waals surface area contributed by atoms with E-state index in [-0.39, 0.29) is 30.5 Å². The number of hydrogen-bond acceptors (Lipinski definition) is 4. The highest BCUT2D eigenvalue weighted by Gasteiger charge is 2.58. The van der Waals surface area contributed by atoms with Gasteiger partial charge in [-0.1, -0.05) is 13.8 Å². The molecule has 0 bridgehead atoms. The Morgan fingerprint density at radius 2 is 1.88 bits per heavy atom. The number of aliphatic hydroxyl groups excluding tert-OH is 1. The van der Waals surface area contributed by atoms with Crippen molar-refractivity contribution >= 4 is 0 Å². The predicted molar refractivity (Wildman–Crippen MR) is 58.8 cm³/mol. The van der Waals surface area contributed by atoms with Crippen LogP contribution in [0.4, 0.5) is 0 Å². The van der Waals surface area contributed by atoms with Gasteiger partial charge in [-0.05, 0) is 26.7 Å². The first kappa shape index (κ1) is 12.3. The summed E-state index contributed by atoms with van der Waals surface area (Å²) in [5, 5.41) is 9.15. The molecule has 2 aliphatic rings. The van der Waals surface area contributed by atoms with Gasteiger partial charge in [-0.15, -0.1) is 0 Å². The summed E-state index contributed by atoms with van der Waals surface area (Å²) in [7, 11) is 0. The molecule has 4 nitrogen and oxygen atoms in total. The van der Waals surface area contributed by atoms with E-state index < -0.39 is 5.79 Å². The third-order valence-corrected chi connectivity index (χ3v) is 3.90. The average molecular weight is 230 g/mol.